The minimum absolute atomic E-state index is 0.0458. The van der Waals surface area contributed by atoms with Gasteiger partial charge in [0.15, 0.2) is 0 Å². The lowest BCUT2D eigenvalue weighted by Crippen LogP contribution is -2.45. The van der Waals surface area contributed by atoms with Crippen LogP contribution in [0.3, 0.4) is 0 Å². The molecule has 2 fully saturated rings. The highest BCUT2D eigenvalue weighted by atomic mass is 16.5. The van der Waals surface area contributed by atoms with E-state index in [0.717, 1.165) is 57.1 Å². The number of carbonyl (C=O) groups excluding carboxylic acids is 2. The monoisotopic (exact) mass is 587 g/mol. The third-order valence-corrected chi connectivity index (χ3v) is 9.37. The molecule has 2 amide bonds. The van der Waals surface area contributed by atoms with Gasteiger partial charge >= 0.3 is 0 Å². The molecule has 1 aromatic heterocycles. The number of para-hydroxylation sites is 1. The Labute approximate surface area is 253 Å². The fourth-order valence-electron chi connectivity index (χ4n) is 6.78. The number of aromatic nitrogens is 1. The van der Waals surface area contributed by atoms with E-state index in [4.69, 9.17) is 18.7 Å². The van der Waals surface area contributed by atoms with Crippen LogP contribution in [0.1, 0.15) is 71.4 Å². The molecule has 6 rings (SSSR count). The summed E-state index contributed by atoms with van der Waals surface area (Å²) in [7, 11) is 1.61. The van der Waals surface area contributed by atoms with Gasteiger partial charge in [-0.1, -0.05) is 29.8 Å². The van der Waals surface area contributed by atoms with Crippen molar-refractivity contribution in [3.8, 4) is 22.8 Å². The van der Waals surface area contributed by atoms with E-state index in [9.17, 15) is 9.59 Å². The minimum atomic E-state index is -0.0772. The van der Waals surface area contributed by atoms with Crippen LogP contribution in [0.4, 0.5) is 0 Å². The first-order chi connectivity index (χ1) is 21.0. The molecule has 3 aliphatic heterocycles. The summed E-state index contributed by atoms with van der Waals surface area (Å²) in [6, 6.07) is 15.2. The Bertz CT molecular complexity index is 1440. The Hall–Kier alpha value is -3.85. The van der Waals surface area contributed by atoms with Gasteiger partial charge in [-0.25, -0.2) is 0 Å². The van der Waals surface area contributed by atoms with Crippen molar-refractivity contribution in [2.24, 2.45) is 5.41 Å². The normalized spacial score (nSPS) is 21.1. The molecule has 0 radical (unpaired) electrons. The van der Waals surface area contributed by atoms with E-state index in [0.29, 0.717) is 67.0 Å². The maximum Gasteiger partial charge on any atom is 0.259 e. The summed E-state index contributed by atoms with van der Waals surface area (Å²) in [6.07, 6.45) is 6.61. The van der Waals surface area contributed by atoms with Crippen molar-refractivity contribution < 1.29 is 28.3 Å². The topological polar surface area (TPSA) is 94.3 Å². The Morgan fingerprint density at radius 3 is 2.70 bits per heavy atom. The predicted molar refractivity (Wildman–Crippen MR) is 161 cm³/mol. The Kier molecular flexibility index (Phi) is 8.70. The number of ether oxygens (including phenoxy) is 3. The van der Waals surface area contributed by atoms with Gasteiger partial charge in [-0.2, -0.15) is 0 Å². The number of rotatable bonds is 3. The number of amides is 2. The third kappa shape index (κ3) is 6.13. The van der Waals surface area contributed by atoms with Gasteiger partial charge in [-0.05, 0) is 75.8 Å². The molecule has 4 heterocycles. The van der Waals surface area contributed by atoms with Crippen molar-refractivity contribution in [1.82, 2.24) is 15.0 Å². The van der Waals surface area contributed by atoms with Gasteiger partial charge in [0, 0.05) is 42.8 Å². The lowest BCUT2D eigenvalue weighted by molar-refractivity contribution is 0.0332. The van der Waals surface area contributed by atoms with Crippen LogP contribution < -0.4 is 9.47 Å². The molecular weight excluding hydrogens is 546 g/mol. The highest BCUT2D eigenvalue weighted by molar-refractivity contribution is 6.01. The first-order valence-electron chi connectivity index (χ1n) is 15.5. The van der Waals surface area contributed by atoms with Crippen LogP contribution in [-0.2, 0) is 4.74 Å². The zero-order valence-electron chi connectivity index (χ0n) is 25.2. The van der Waals surface area contributed by atoms with E-state index in [1.807, 2.05) is 58.3 Å². The standard InChI is InChI=1S/C34H41N3O6/c1-24-30(31(35-43-24)28-12-3-4-13-29(28)40-2)33(39)36-18-15-34(16-19-36)14-5-6-20-41-22-26-10-8-17-37(26)32(38)25-9-7-11-27(21-25)42-23-34/h3-4,7,9,11-13,21,26H,5-6,8,10,14-20,22-23H2,1-2H3/t26-/m0/s1. The predicted octanol–water partition coefficient (Wildman–Crippen LogP) is 5.77. The lowest BCUT2D eigenvalue weighted by Gasteiger charge is -2.42. The zero-order valence-corrected chi connectivity index (χ0v) is 25.2. The van der Waals surface area contributed by atoms with Gasteiger partial charge in [-0.3, -0.25) is 9.59 Å². The van der Waals surface area contributed by atoms with E-state index in [1.165, 1.54) is 0 Å². The second-order valence-electron chi connectivity index (χ2n) is 12.1. The summed E-state index contributed by atoms with van der Waals surface area (Å²) in [6.45, 7) is 5.59. The van der Waals surface area contributed by atoms with E-state index >= 15 is 0 Å². The molecule has 2 saturated heterocycles. The van der Waals surface area contributed by atoms with Gasteiger partial charge in [0.2, 0.25) is 0 Å². The maximum atomic E-state index is 13.9. The first-order valence-corrected chi connectivity index (χ1v) is 15.5. The number of fused-ring (bicyclic) bond motifs is 3. The molecule has 0 aliphatic carbocycles. The molecule has 9 heteroatoms. The number of hydrogen-bond acceptors (Lipinski definition) is 7. The highest BCUT2D eigenvalue weighted by Gasteiger charge is 2.38. The van der Waals surface area contributed by atoms with Gasteiger partial charge in [-0.15, -0.1) is 0 Å². The summed E-state index contributed by atoms with van der Waals surface area (Å²) in [5, 5.41) is 4.25. The lowest BCUT2D eigenvalue weighted by atomic mass is 9.75. The van der Waals surface area contributed by atoms with Crippen LogP contribution in [0.15, 0.2) is 53.1 Å². The van der Waals surface area contributed by atoms with Crippen molar-refractivity contribution in [1.29, 1.82) is 0 Å². The molecule has 2 aromatic carbocycles. The number of carbonyl (C=O) groups is 2. The van der Waals surface area contributed by atoms with Crippen LogP contribution in [0, 0.1) is 12.3 Å². The molecule has 3 aromatic rings. The van der Waals surface area contributed by atoms with Crippen LogP contribution >= 0.6 is 0 Å². The fourth-order valence-corrected chi connectivity index (χ4v) is 6.78. The second-order valence-corrected chi connectivity index (χ2v) is 12.1. The van der Waals surface area contributed by atoms with E-state index in [2.05, 4.69) is 5.16 Å². The molecule has 0 unspecified atom stereocenters. The van der Waals surface area contributed by atoms with Gasteiger partial charge < -0.3 is 28.5 Å². The first kappa shape index (κ1) is 29.2. The molecule has 0 N–H and O–H groups in total. The van der Waals surface area contributed by atoms with Crippen LogP contribution in [0.5, 0.6) is 11.5 Å². The summed E-state index contributed by atoms with van der Waals surface area (Å²) < 4.78 is 23.5. The van der Waals surface area contributed by atoms with E-state index in [-0.39, 0.29) is 23.3 Å². The number of aryl methyl sites for hydroxylation is 1. The van der Waals surface area contributed by atoms with Crippen molar-refractivity contribution >= 4 is 11.8 Å². The summed E-state index contributed by atoms with van der Waals surface area (Å²) in [5.74, 6) is 1.83. The summed E-state index contributed by atoms with van der Waals surface area (Å²) >= 11 is 0. The van der Waals surface area contributed by atoms with Crippen LogP contribution in [0.2, 0.25) is 0 Å². The Balaban J connectivity index is 1.18. The molecular formula is C34H41N3O6. The highest BCUT2D eigenvalue weighted by Crippen LogP contribution is 2.39. The van der Waals surface area contributed by atoms with E-state index in [1.54, 1.807) is 14.0 Å². The Morgan fingerprint density at radius 1 is 1.02 bits per heavy atom. The smallest absolute Gasteiger partial charge is 0.259 e. The molecule has 1 atom stereocenters. The van der Waals surface area contributed by atoms with Gasteiger partial charge in [0.25, 0.3) is 11.8 Å². The van der Waals surface area contributed by atoms with Crippen molar-refractivity contribution in [3.63, 3.8) is 0 Å². The van der Waals surface area contributed by atoms with Crippen molar-refractivity contribution in [3.05, 3.63) is 65.4 Å². The second kappa shape index (κ2) is 12.8. The zero-order chi connectivity index (χ0) is 29.8. The minimum Gasteiger partial charge on any atom is -0.496 e. The average Bonchev–Trinajstić information content (AvgIpc) is 3.67. The number of hydrogen-bond donors (Lipinski definition) is 0. The quantitative estimate of drug-likeness (QED) is 0.384. The Morgan fingerprint density at radius 2 is 1.86 bits per heavy atom. The molecule has 43 heavy (non-hydrogen) atoms. The number of methoxy groups -OCH3 is 1. The maximum absolute atomic E-state index is 13.9. The van der Waals surface area contributed by atoms with Crippen LogP contribution in [-0.4, -0.2) is 79.4 Å². The molecule has 228 valence electrons. The average molecular weight is 588 g/mol. The fraction of sp³-hybridized carbons (Fsp3) is 0.500. The van der Waals surface area contributed by atoms with Gasteiger partial charge in [0.1, 0.15) is 28.5 Å². The molecule has 3 aliphatic rings. The third-order valence-electron chi connectivity index (χ3n) is 9.37. The summed E-state index contributed by atoms with van der Waals surface area (Å²) in [4.78, 5) is 31.1. The number of benzene rings is 2. The molecule has 9 nitrogen and oxygen atoms in total. The van der Waals surface area contributed by atoms with Gasteiger partial charge in [0.05, 0.1) is 26.4 Å². The van der Waals surface area contributed by atoms with E-state index < -0.39 is 0 Å². The number of likely N-dealkylation sites (tertiary alicyclic amines) is 1. The number of nitrogens with zero attached hydrogens (tertiary/aromatic N) is 3. The molecule has 1 spiro atoms. The van der Waals surface area contributed by atoms with Crippen molar-refractivity contribution in [2.75, 3.05) is 46.6 Å². The van der Waals surface area contributed by atoms with Crippen molar-refractivity contribution in [2.45, 2.75) is 57.9 Å². The number of piperidine rings is 1. The SMILES string of the molecule is COc1ccccc1-c1noc(C)c1C(=O)N1CCC2(CCCCOC[C@@H]3CCCN3C(=O)c3cccc(c3)OC2)CC1. The summed E-state index contributed by atoms with van der Waals surface area (Å²) in [5.41, 5.74) is 2.30. The molecule has 2 bridgehead atoms. The largest absolute Gasteiger partial charge is 0.496 e. The van der Waals surface area contributed by atoms with Crippen LogP contribution in [0.25, 0.3) is 11.3 Å². The molecule has 0 saturated carbocycles.